The number of rotatable bonds is 12. The number of benzene rings is 2. The Morgan fingerprint density at radius 3 is 1.89 bits per heavy atom. The molecule has 7 nitrogen and oxygen atoms in total. The number of aliphatic carboxylic acids is 1. The Bertz CT molecular complexity index is 972. The van der Waals surface area contributed by atoms with E-state index in [1.54, 1.807) is 6.92 Å². The Kier molecular flexibility index (Phi) is 10.0. The third-order valence-electron chi connectivity index (χ3n) is 5.87. The van der Waals surface area contributed by atoms with Crippen molar-refractivity contribution in [2.75, 3.05) is 0 Å². The molecule has 0 aromatic heterocycles. The van der Waals surface area contributed by atoms with Crippen molar-refractivity contribution in [3.05, 3.63) is 71.8 Å². The lowest BCUT2D eigenvalue weighted by Crippen LogP contribution is -2.64. The Labute approximate surface area is 208 Å². The molecule has 0 saturated heterocycles. The molecule has 2 amide bonds. The summed E-state index contributed by atoms with van der Waals surface area (Å²) in [4.78, 5) is 38.2. The molecule has 0 saturated carbocycles. The maximum Gasteiger partial charge on any atom is 0.331 e. The summed E-state index contributed by atoms with van der Waals surface area (Å²) in [6.07, 6.45) is 0.835. The van der Waals surface area contributed by atoms with Gasteiger partial charge in [-0.3, -0.25) is 9.59 Å². The fraction of sp³-hybridized carbons (Fsp3) is 0.464. The number of ether oxygens (including phenoxy) is 1. The molecule has 0 aliphatic carbocycles. The Hall–Kier alpha value is -3.19. The van der Waals surface area contributed by atoms with E-state index in [2.05, 4.69) is 10.6 Å². The highest BCUT2D eigenvalue weighted by atomic mass is 16.5. The van der Waals surface area contributed by atoms with Crippen LogP contribution >= 0.6 is 0 Å². The second-order valence-electron chi connectivity index (χ2n) is 10.00. The van der Waals surface area contributed by atoms with Crippen molar-refractivity contribution in [1.29, 1.82) is 0 Å². The maximum absolute atomic E-state index is 13.3. The van der Waals surface area contributed by atoms with Gasteiger partial charge in [-0.05, 0) is 65.0 Å². The summed E-state index contributed by atoms with van der Waals surface area (Å²) in [6.45, 7) is 8.52. The number of hydrogen-bond donors (Lipinski definition) is 3. The van der Waals surface area contributed by atoms with Gasteiger partial charge in [-0.25, -0.2) is 4.79 Å². The van der Waals surface area contributed by atoms with Crippen LogP contribution in [-0.2, 0) is 32.0 Å². The summed E-state index contributed by atoms with van der Waals surface area (Å²) < 4.78 is 5.86. The van der Waals surface area contributed by atoms with E-state index < -0.39 is 35.2 Å². The van der Waals surface area contributed by atoms with Gasteiger partial charge in [-0.1, -0.05) is 60.7 Å². The highest BCUT2D eigenvalue weighted by Crippen LogP contribution is 2.21. The third-order valence-corrected chi connectivity index (χ3v) is 5.87. The molecule has 0 unspecified atom stereocenters. The van der Waals surface area contributed by atoms with Crippen molar-refractivity contribution in [3.63, 3.8) is 0 Å². The number of nitrogens with one attached hydrogen (secondary N) is 2. The van der Waals surface area contributed by atoms with Crippen LogP contribution in [0.15, 0.2) is 60.7 Å². The van der Waals surface area contributed by atoms with Crippen molar-refractivity contribution >= 4 is 17.8 Å². The van der Waals surface area contributed by atoms with Gasteiger partial charge in [0.25, 0.3) is 0 Å². The van der Waals surface area contributed by atoms with E-state index in [9.17, 15) is 19.5 Å². The fourth-order valence-corrected chi connectivity index (χ4v) is 3.71. The number of hydrogen-bond acceptors (Lipinski definition) is 4. The molecule has 3 N–H and O–H groups in total. The normalized spacial score (nSPS) is 14.9. The molecule has 2 aromatic carbocycles. The predicted molar refractivity (Wildman–Crippen MR) is 136 cm³/mol. The number of carboxylic acid groups (broad SMARTS) is 1. The van der Waals surface area contributed by atoms with Gasteiger partial charge < -0.3 is 20.5 Å². The molecule has 0 aliphatic heterocycles. The van der Waals surface area contributed by atoms with Gasteiger partial charge in [0.1, 0.15) is 6.04 Å². The van der Waals surface area contributed by atoms with Crippen molar-refractivity contribution in [3.8, 4) is 0 Å². The second kappa shape index (κ2) is 12.5. The maximum atomic E-state index is 13.3. The topological polar surface area (TPSA) is 105 Å². The minimum atomic E-state index is -1.68. The minimum absolute atomic E-state index is 0.221. The SMILES string of the molecule is C[C@@H](OC(C)(C)C)[C@@](C)(NC(=O)[C@H](CCc1ccccc1)NC(=O)CCc1ccccc1)C(=O)O. The number of carbonyl (C=O) groups excluding carboxylic acids is 2. The monoisotopic (exact) mass is 482 g/mol. The molecule has 3 atom stereocenters. The van der Waals surface area contributed by atoms with Gasteiger partial charge in [0.2, 0.25) is 11.8 Å². The standard InChI is InChI=1S/C28H38N2O5/c1-20(35-27(2,3)4)28(5,26(33)34)30-25(32)23(18-16-21-12-8-6-9-13-21)29-24(31)19-17-22-14-10-7-11-15-22/h6-15,20,23H,16-19H2,1-5H3,(H,29,31)(H,30,32)(H,33,34)/t20-,23+,28-/m1/s1. The van der Waals surface area contributed by atoms with E-state index in [-0.39, 0.29) is 12.3 Å². The van der Waals surface area contributed by atoms with Gasteiger partial charge in [0.15, 0.2) is 5.54 Å². The summed E-state index contributed by atoms with van der Waals surface area (Å²) >= 11 is 0. The van der Waals surface area contributed by atoms with E-state index in [0.29, 0.717) is 19.3 Å². The first-order valence-corrected chi connectivity index (χ1v) is 12.0. The summed E-state index contributed by atoms with van der Waals surface area (Å²) in [5.74, 6) is -2.03. The molecule has 7 heteroatoms. The van der Waals surface area contributed by atoms with Crippen LogP contribution in [0.25, 0.3) is 0 Å². The average molecular weight is 483 g/mol. The molecule has 2 rings (SSSR count). The summed E-state index contributed by atoms with van der Waals surface area (Å²) in [7, 11) is 0. The summed E-state index contributed by atoms with van der Waals surface area (Å²) in [6, 6.07) is 18.4. The molecule has 190 valence electrons. The van der Waals surface area contributed by atoms with E-state index in [1.807, 2.05) is 81.4 Å². The van der Waals surface area contributed by atoms with Crippen LogP contribution in [-0.4, -0.2) is 46.2 Å². The number of carboxylic acids is 1. The lowest BCUT2D eigenvalue weighted by molar-refractivity contribution is -0.160. The molecular formula is C28H38N2O5. The quantitative estimate of drug-likeness (QED) is 0.426. The van der Waals surface area contributed by atoms with Crippen LogP contribution in [0.1, 0.15) is 58.6 Å². The Morgan fingerprint density at radius 1 is 0.886 bits per heavy atom. The van der Waals surface area contributed by atoms with Crippen molar-refractivity contribution in [2.24, 2.45) is 0 Å². The van der Waals surface area contributed by atoms with Crippen molar-refractivity contribution < 1.29 is 24.2 Å². The third kappa shape index (κ3) is 9.17. The van der Waals surface area contributed by atoms with Crippen LogP contribution in [0.2, 0.25) is 0 Å². The van der Waals surface area contributed by atoms with Crippen LogP contribution in [0.3, 0.4) is 0 Å². The fourth-order valence-electron chi connectivity index (χ4n) is 3.71. The minimum Gasteiger partial charge on any atom is -0.479 e. The van der Waals surface area contributed by atoms with Crippen LogP contribution in [0, 0.1) is 0 Å². The molecule has 0 aliphatic rings. The van der Waals surface area contributed by atoms with Crippen LogP contribution in [0.4, 0.5) is 0 Å². The lowest BCUT2D eigenvalue weighted by atomic mass is 9.93. The number of carbonyl (C=O) groups is 3. The Balaban J connectivity index is 2.15. The zero-order valence-electron chi connectivity index (χ0n) is 21.3. The first-order chi connectivity index (χ1) is 16.4. The first kappa shape index (κ1) is 28.1. The summed E-state index contributed by atoms with van der Waals surface area (Å²) in [5, 5.41) is 15.4. The zero-order chi connectivity index (χ0) is 26.1. The van der Waals surface area contributed by atoms with Crippen LogP contribution in [0.5, 0.6) is 0 Å². The molecule has 2 aromatic rings. The molecule has 0 fully saturated rings. The lowest BCUT2D eigenvalue weighted by Gasteiger charge is -2.37. The van der Waals surface area contributed by atoms with Crippen molar-refractivity contribution in [2.45, 2.75) is 83.6 Å². The predicted octanol–water partition coefficient (Wildman–Crippen LogP) is 3.90. The van der Waals surface area contributed by atoms with Gasteiger partial charge in [-0.15, -0.1) is 0 Å². The number of amides is 2. The summed E-state index contributed by atoms with van der Waals surface area (Å²) in [5.41, 5.74) is -0.225. The van der Waals surface area contributed by atoms with Crippen LogP contribution < -0.4 is 10.6 Å². The molecule has 0 heterocycles. The van der Waals surface area contributed by atoms with Crippen molar-refractivity contribution in [1.82, 2.24) is 10.6 Å². The Morgan fingerprint density at radius 2 is 1.40 bits per heavy atom. The zero-order valence-corrected chi connectivity index (χ0v) is 21.3. The molecule has 0 bridgehead atoms. The highest BCUT2D eigenvalue weighted by Gasteiger charge is 2.44. The van der Waals surface area contributed by atoms with E-state index >= 15 is 0 Å². The first-order valence-electron chi connectivity index (χ1n) is 12.0. The molecular weight excluding hydrogens is 444 g/mol. The smallest absolute Gasteiger partial charge is 0.331 e. The van der Waals surface area contributed by atoms with E-state index in [4.69, 9.17) is 4.74 Å². The van der Waals surface area contributed by atoms with Gasteiger partial charge in [0.05, 0.1) is 11.7 Å². The van der Waals surface area contributed by atoms with E-state index in [0.717, 1.165) is 11.1 Å². The highest BCUT2D eigenvalue weighted by molar-refractivity contribution is 5.92. The van der Waals surface area contributed by atoms with Gasteiger partial charge >= 0.3 is 5.97 Å². The molecule has 0 spiro atoms. The molecule has 35 heavy (non-hydrogen) atoms. The van der Waals surface area contributed by atoms with Gasteiger partial charge in [-0.2, -0.15) is 0 Å². The number of aryl methyl sites for hydroxylation is 2. The second-order valence-corrected chi connectivity index (χ2v) is 10.00. The largest absolute Gasteiger partial charge is 0.479 e. The van der Waals surface area contributed by atoms with Gasteiger partial charge in [0, 0.05) is 6.42 Å². The molecule has 0 radical (unpaired) electrons. The average Bonchev–Trinajstić information content (AvgIpc) is 2.80. The van der Waals surface area contributed by atoms with E-state index in [1.165, 1.54) is 6.92 Å².